The van der Waals surface area contributed by atoms with Crippen molar-refractivity contribution in [1.29, 1.82) is 0 Å². The number of nitrogens with two attached hydrogens (primary N) is 1. The standard InChI is InChI=1S/C15H26N2/c1-12-7-6-8-13(9-12)14(17(4)5)10-15(2,3)11-16/h6-9,14H,10-11,16H2,1-5H3. The van der Waals surface area contributed by atoms with Crippen LogP contribution in [0.1, 0.15) is 37.4 Å². The van der Waals surface area contributed by atoms with Crippen LogP contribution in [0.4, 0.5) is 0 Å². The molecule has 1 rings (SSSR count). The first kappa shape index (κ1) is 14.2. The first-order valence-electron chi connectivity index (χ1n) is 6.29. The zero-order valence-corrected chi connectivity index (χ0v) is 11.8. The van der Waals surface area contributed by atoms with Gasteiger partial charge in [0.1, 0.15) is 0 Å². The molecule has 0 heterocycles. The van der Waals surface area contributed by atoms with Crippen LogP contribution >= 0.6 is 0 Å². The van der Waals surface area contributed by atoms with Gasteiger partial charge in [-0.2, -0.15) is 0 Å². The van der Waals surface area contributed by atoms with Crippen LogP contribution in [0.15, 0.2) is 24.3 Å². The van der Waals surface area contributed by atoms with Gasteiger partial charge in [-0.25, -0.2) is 0 Å². The van der Waals surface area contributed by atoms with Crippen molar-refractivity contribution in [2.24, 2.45) is 11.1 Å². The van der Waals surface area contributed by atoms with Gasteiger partial charge in [-0.1, -0.05) is 43.7 Å². The van der Waals surface area contributed by atoms with Crippen LogP contribution in [0.25, 0.3) is 0 Å². The molecule has 2 nitrogen and oxygen atoms in total. The normalized spacial score (nSPS) is 14.1. The highest BCUT2D eigenvalue weighted by atomic mass is 15.1. The number of benzene rings is 1. The van der Waals surface area contributed by atoms with Crippen molar-refractivity contribution in [3.05, 3.63) is 35.4 Å². The molecule has 96 valence electrons. The van der Waals surface area contributed by atoms with Crippen molar-refractivity contribution >= 4 is 0 Å². The van der Waals surface area contributed by atoms with Crippen LogP contribution in [0, 0.1) is 12.3 Å². The van der Waals surface area contributed by atoms with E-state index in [1.165, 1.54) is 11.1 Å². The Bertz CT molecular complexity index is 356. The smallest absolute Gasteiger partial charge is 0.0347 e. The Kier molecular flexibility index (Phi) is 4.72. The molecular formula is C15H26N2. The number of nitrogens with zero attached hydrogens (tertiary/aromatic N) is 1. The highest BCUT2D eigenvalue weighted by molar-refractivity contribution is 5.25. The van der Waals surface area contributed by atoms with E-state index in [-0.39, 0.29) is 5.41 Å². The van der Waals surface area contributed by atoms with Crippen LogP contribution in [-0.4, -0.2) is 25.5 Å². The molecule has 0 fully saturated rings. The summed E-state index contributed by atoms with van der Waals surface area (Å²) in [5, 5.41) is 0. The van der Waals surface area contributed by atoms with Gasteiger partial charge in [-0.15, -0.1) is 0 Å². The maximum absolute atomic E-state index is 5.84. The molecule has 1 aromatic carbocycles. The van der Waals surface area contributed by atoms with Crippen molar-refractivity contribution in [1.82, 2.24) is 4.90 Å². The lowest BCUT2D eigenvalue weighted by Gasteiger charge is -2.33. The molecule has 0 amide bonds. The molecule has 1 unspecified atom stereocenters. The molecule has 2 N–H and O–H groups in total. The minimum atomic E-state index is 0.179. The van der Waals surface area contributed by atoms with E-state index in [9.17, 15) is 0 Å². The van der Waals surface area contributed by atoms with E-state index in [4.69, 9.17) is 5.73 Å². The van der Waals surface area contributed by atoms with E-state index in [1.54, 1.807) is 0 Å². The lowest BCUT2D eigenvalue weighted by molar-refractivity contribution is 0.202. The summed E-state index contributed by atoms with van der Waals surface area (Å²) < 4.78 is 0. The molecule has 1 atom stereocenters. The van der Waals surface area contributed by atoms with Gasteiger partial charge in [0.2, 0.25) is 0 Å². The third-order valence-electron chi connectivity index (χ3n) is 3.35. The van der Waals surface area contributed by atoms with Crippen molar-refractivity contribution in [2.75, 3.05) is 20.6 Å². The van der Waals surface area contributed by atoms with E-state index >= 15 is 0 Å². The molecule has 0 aromatic heterocycles. The van der Waals surface area contributed by atoms with Crippen molar-refractivity contribution in [3.8, 4) is 0 Å². The Hall–Kier alpha value is -0.860. The molecular weight excluding hydrogens is 208 g/mol. The van der Waals surface area contributed by atoms with E-state index in [0.29, 0.717) is 6.04 Å². The average Bonchev–Trinajstić information content (AvgIpc) is 2.25. The van der Waals surface area contributed by atoms with E-state index in [1.807, 2.05) is 0 Å². The second-order valence-corrected chi connectivity index (χ2v) is 5.97. The first-order chi connectivity index (χ1) is 7.85. The Labute approximate surface area is 106 Å². The maximum atomic E-state index is 5.84. The Morgan fingerprint density at radius 1 is 1.29 bits per heavy atom. The Balaban J connectivity index is 2.94. The monoisotopic (exact) mass is 234 g/mol. The predicted octanol–water partition coefficient (Wildman–Crippen LogP) is 2.97. The van der Waals surface area contributed by atoms with Gasteiger partial charge in [-0.3, -0.25) is 0 Å². The fraction of sp³-hybridized carbons (Fsp3) is 0.600. The number of rotatable bonds is 5. The van der Waals surface area contributed by atoms with E-state index in [2.05, 4.69) is 64.0 Å². The fourth-order valence-electron chi connectivity index (χ4n) is 2.08. The summed E-state index contributed by atoms with van der Waals surface area (Å²) in [6.45, 7) is 7.34. The summed E-state index contributed by atoms with van der Waals surface area (Å²) in [7, 11) is 4.28. The number of aryl methyl sites for hydroxylation is 1. The lowest BCUT2D eigenvalue weighted by Crippen LogP contribution is -2.31. The lowest BCUT2D eigenvalue weighted by atomic mass is 9.83. The average molecular weight is 234 g/mol. The topological polar surface area (TPSA) is 29.3 Å². The van der Waals surface area contributed by atoms with Gasteiger partial charge >= 0.3 is 0 Å². The van der Waals surface area contributed by atoms with Crippen LogP contribution < -0.4 is 5.73 Å². The van der Waals surface area contributed by atoms with Gasteiger partial charge in [0, 0.05) is 6.04 Å². The van der Waals surface area contributed by atoms with Gasteiger partial charge < -0.3 is 10.6 Å². The molecule has 0 aliphatic carbocycles. The third-order valence-corrected chi connectivity index (χ3v) is 3.35. The molecule has 2 heteroatoms. The van der Waals surface area contributed by atoms with Crippen molar-refractivity contribution < 1.29 is 0 Å². The largest absolute Gasteiger partial charge is 0.330 e. The summed E-state index contributed by atoms with van der Waals surface area (Å²) in [5.74, 6) is 0. The molecule has 0 saturated heterocycles. The summed E-state index contributed by atoms with van der Waals surface area (Å²) in [6.07, 6.45) is 1.08. The first-order valence-corrected chi connectivity index (χ1v) is 6.29. The molecule has 0 bridgehead atoms. The predicted molar refractivity (Wildman–Crippen MR) is 75.1 cm³/mol. The zero-order valence-electron chi connectivity index (χ0n) is 11.8. The van der Waals surface area contributed by atoms with Gasteiger partial charge in [0.15, 0.2) is 0 Å². The zero-order chi connectivity index (χ0) is 13.1. The summed E-state index contributed by atoms with van der Waals surface area (Å²) in [6, 6.07) is 9.20. The van der Waals surface area contributed by atoms with Gasteiger partial charge in [-0.05, 0) is 45.0 Å². The fourth-order valence-corrected chi connectivity index (χ4v) is 2.08. The minimum absolute atomic E-state index is 0.179. The molecule has 1 aromatic rings. The highest BCUT2D eigenvalue weighted by Gasteiger charge is 2.24. The van der Waals surface area contributed by atoms with Gasteiger partial charge in [0.05, 0.1) is 0 Å². The quantitative estimate of drug-likeness (QED) is 0.848. The summed E-state index contributed by atoms with van der Waals surface area (Å²) >= 11 is 0. The van der Waals surface area contributed by atoms with E-state index < -0.39 is 0 Å². The van der Waals surface area contributed by atoms with E-state index in [0.717, 1.165) is 13.0 Å². The maximum Gasteiger partial charge on any atom is 0.0347 e. The molecule has 0 spiro atoms. The number of hydrogen-bond acceptors (Lipinski definition) is 2. The van der Waals surface area contributed by atoms with Crippen molar-refractivity contribution in [3.63, 3.8) is 0 Å². The third kappa shape index (κ3) is 4.14. The molecule has 0 aliphatic heterocycles. The summed E-state index contributed by atoms with van der Waals surface area (Å²) in [5.41, 5.74) is 8.73. The second kappa shape index (κ2) is 5.65. The second-order valence-electron chi connectivity index (χ2n) is 5.97. The number of hydrogen-bond donors (Lipinski definition) is 1. The molecule has 0 saturated carbocycles. The minimum Gasteiger partial charge on any atom is -0.330 e. The van der Waals surface area contributed by atoms with Crippen LogP contribution in [0.3, 0.4) is 0 Å². The Morgan fingerprint density at radius 3 is 2.41 bits per heavy atom. The Morgan fingerprint density at radius 2 is 1.94 bits per heavy atom. The molecule has 0 radical (unpaired) electrons. The van der Waals surface area contributed by atoms with Crippen LogP contribution in [0.5, 0.6) is 0 Å². The van der Waals surface area contributed by atoms with Crippen LogP contribution in [-0.2, 0) is 0 Å². The molecule has 17 heavy (non-hydrogen) atoms. The SMILES string of the molecule is Cc1cccc(C(CC(C)(C)CN)N(C)C)c1. The highest BCUT2D eigenvalue weighted by Crippen LogP contribution is 2.32. The van der Waals surface area contributed by atoms with Gasteiger partial charge in [0.25, 0.3) is 0 Å². The van der Waals surface area contributed by atoms with Crippen LogP contribution in [0.2, 0.25) is 0 Å². The summed E-state index contributed by atoms with van der Waals surface area (Å²) in [4.78, 5) is 2.28. The molecule has 0 aliphatic rings. The van der Waals surface area contributed by atoms with Crippen molar-refractivity contribution in [2.45, 2.75) is 33.2 Å².